The fourth-order valence-electron chi connectivity index (χ4n) is 2.37. The third kappa shape index (κ3) is 5.13. The normalized spacial score (nSPS) is 10.4. The molecule has 0 amide bonds. The van der Waals surface area contributed by atoms with Crippen molar-refractivity contribution in [2.45, 2.75) is 10.6 Å². The number of aliphatic carboxylic acids is 1. The number of hydrogen-bond donors (Lipinski definition) is 1. The first-order valence-electron chi connectivity index (χ1n) is 7.92. The minimum atomic E-state index is -0.975. The molecule has 0 saturated carbocycles. The van der Waals surface area contributed by atoms with Gasteiger partial charge in [0.25, 0.3) is 0 Å². The summed E-state index contributed by atoms with van der Waals surface area (Å²) in [6, 6.07) is 26.4. The lowest BCUT2D eigenvalue weighted by Gasteiger charge is -2.06. The molecule has 0 atom stereocenters. The van der Waals surface area contributed by atoms with Gasteiger partial charge in [0, 0.05) is 10.6 Å². The lowest BCUT2D eigenvalue weighted by atomic mass is 10.0. The monoisotopic (exact) mass is 350 g/mol. The topological polar surface area (TPSA) is 46.5 Å². The highest BCUT2D eigenvalue weighted by Crippen LogP contribution is 2.26. The Morgan fingerprint density at radius 1 is 0.840 bits per heavy atom. The van der Waals surface area contributed by atoms with Crippen LogP contribution in [-0.4, -0.2) is 17.7 Å². The van der Waals surface area contributed by atoms with E-state index in [0.29, 0.717) is 5.75 Å². The molecule has 4 heteroatoms. The lowest BCUT2D eigenvalue weighted by Crippen LogP contribution is -2.09. The van der Waals surface area contributed by atoms with Crippen molar-refractivity contribution >= 4 is 17.7 Å². The molecule has 0 unspecified atom stereocenters. The highest BCUT2D eigenvalue weighted by atomic mass is 32.2. The molecule has 3 nitrogen and oxygen atoms in total. The van der Waals surface area contributed by atoms with Crippen LogP contribution in [0.4, 0.5) is 0 Å². The van der Waals surface area contributed by atoms with E-state index in [2.05, 4.69) is 36.4 Å². The highest BCUT2D eigenvalue weighted by Gasteiger charge is 2.02. The van der Waals surface area contributed by atoms with Crippen LogP contribution in [0.3, 0.4) is 0 Å². The Bertz CT molecular complexity index is 812. The standard InChI is InChI=1S/C21H18O3S/c22-21(23)14-24-19-10-12-20(13-11-19)25-15-16-6-8-18(9-7-16)17-4-2-1-3-5-17/h1-13H,14-15H2,(H,22,23). The van der Waals surface area contributed by atoms with E-state index in [1.165, 1.54) is 16.7 Å². The van der Waals surface area contributed by atoms with Gasteiger partial charge in [-0.05, 0) is 41.0 Å². The Morgan fingerprint density at radius 2 is 1.48 bits per heavy atom. The van der Waals surface area contributed by atoms with Crippen LogP contribution < -0.4 is 4.74 Å². The van der Waals surface area contributed by atoms with E-state index in [-0.39, 0.29) is 6.61 Å². The zero-order chi connectivity index (χ0) is 17.5. The molecule has 0 aliphatic heterocycles. The van der Waals surface area contributed by atoms with Crippen molar-refractivity contribution in [2.75, 3.05) is 6.61 Å². The molecule has 126 valence electrons. The van der Waals surface area contributed by atoms with E-state index >= 15 is 0 Å². The minimum Gasteiger partial charge on any atom is -0.482 e. The van der Waals surface area contributed by atoms with E-state index < -0.39 is 5.97 Å². The average molecular weight is 350 g/mol. The first-order valence-corrected chi connectivity index (χ1v) is 8.91. The van der Waals surface area contributed by atoms with Gasteiger partial charge in [-0.1, -0.05) is 54.6 Å². The largest absolute Gasteiger partial charge is 0.482 e. The van der Waals surface area contributed by atoms with Gasteiger partial charge in [-0.15, -0.1) is 11.8 Å². The van der Waals surface area contributed by atoms with Gasteiger partial charge in [-0.25, -0.2) is 4.79 Å². The van der Waals surface area contributed by atoms with Crippen molar-refractivity contribution in [3.63, 3.8) is 0 Å². The van der Waals surface area contributed by atoms with Crippen molar-refractivity contribution < 1.29 is 14.6 Å². The number of carbonyl (C=O) groups is 1. The maximum absolute atomic E-state index is 10.5. The van der Waals surface area contributed by atoms with Gasteiger partial charge in [-0.2, -0.15) is 0 Å². The van der Waals surface area contributed by atoms with Gasteiger partial charge in [0.1, 0.15) is 5.75 Å². The molecule has 0 aliphatic carbocycles. The molecule has 0 aromatic heterocycles. The second-order valence-corrected chi connectivity index (χ2v) is 6.55. The summed E-state index contributed by atoms with van der Waals surface area (Å²) in [6.45, 7) is -0.319. The van der Waals surface area contributed by atoms with Crippen LogP contribution in [0.5, 0.6) is 5.75 Å². The van der Waals surface area contributed by atoms with Gasteiger partial charge in [0.05, 0.1) is 0 Å². The summed E-state index contributed by atoms with van der Waals surface area (Å²) in [7, 11) is 0. The van der Waals surface area contributed by atoms with Crippen LogP contribution in [0.15, 0.2) is 83.8 Å². The van der Waals surface area contributed by atoms with Crippen molar-refractivity contribution in [1.82, 2.24) is 0 Å². The van der Waals surface area contributed by atoms with Crippen LogP contribution >= 0.6 is 11.8 Å². The molecule has 0 heterocycles. The zero-order valence-corrected chi connectivity index (χ0v) is 14.4. The SMILES string of the molecule is O=C(O)COc1ccc(SCc2ccc(-c3ccccc3)cc2)cc1. The zero-order valence-electron chi connectivity index (χ0n) is 13.6. The minimum absolute atomic E-state index is 0.319. The number of ether oxygens (including phenoxy) is 1. The van der Waals surface area contributed by atoms with E-state index in [1.54, 1.807) is 23.9 Å². The van der Waals surface area contributed by atoms with Gasteiger partial charge in [0.2, 0.25) is 0 Å². The third-order valence-electron chi connectivity index (χ3n) is 3.65. The van der Waals surface area contributed by atoms with Crippen LogP contribution in [-0.2, 0) is 10.5 Å². The smallest absolute Gasteiger partial charge is 0.341 e. The third-order valence-corrected chi connectivity index (χ3v) is 4.74. The Labute approximate surface area is 151 Å². The second kappa shape index (κ2) is 8.40. The molecule has 3 aromatic carbocycles. The second-order valence-electron chi connectivity index (χ2n) is 5.51. The van der Waals surface area contributed by atoms with E-state index in [9.17, 15) is 4.79 Å². The van der Waals surface area contributed by atoms with Crippen molar-refractivity contribution in [1.29, 1.82) is 0 Å². The Morgan fingerprint density at radius 3 is 2.12 bits per heavy atom. The van der Waals surface area contributed by atoms with Gasteiger partial charge in [-0.3, -0.25) is 0 Å². The van der Waals surface area contributed by atoms with Crippen LogP contribution in [0.25, 0.3) is 11.1 Å². The summed E-state index contributed by atoms with van der Waals surface area (Å²) < 4.78 is 5.13. The fraction of sp³-hybridized carbons (Fsp3) is 0.0952. The van der Waals surface area contributed by atoms with Crippen LogP contribution in [0, 0.1) is 0 Å². The molecule has 3 aromatic rings. The molecule has 3 rings (SSSR count). The number of benzene rings is 3. The molecule has 25 heavy (non-hydrogen) atoms. The number of hydrogen-bond acceptors (Lipinski definition) is 3. The number of carboxylic acid groups (broad SMARTS) is 1. The number of thioether (sulfide) groups is 1. The Balaban J connectivity index is 1.55. The van der Waals surface area contributed by atoms with Gasteiger partial charge in [0.15, 0.2) is 6.61 Å². The van der Waals surface area contributed by atoms with Gasteiger partial charge < -0.3 is 9.84 Å². The molecule has 0 spiro atoms. The first kappa shape index (κ1) is 17.1. The molecule has 0 aliphatic rings. The summed E-state index contributed by atoms with van der Waals surface area (Å²) in [4.78, 5) is 11.6. The predicted octanol–water partition coefficient (Wildman–Crippen LogP) is 5.11. The van der Waals surface area contributed by atoms with E-state index in [4.69, 9.17) is 9.84 Å². The van der Waals surface area contributed by atoms with E-state index in [0.717, 1.165) is 10.6 Å². The summed E-state index contributed by atoms with van der Waals surface area (Å²) >= 11 is 1.74. The molecular formula is C21H18O3S. The van der Waals surface area contributed by atoms with Crippen molar-refractivity contribution in [3.8, 4) is 16.9 Å². The summed E-state index contributed by atoms with van der Waals surface area (Å²) in [6.07, 6.45) is 0. The van der Waals surface area contributed by atoms with Crippen molar-refractivity contribution in [3.05, 3.63) is 84.4 Å². The van der Waals surface area contributed by atoms with Crippen LogP contribution in [0.2, 0.25) is 0 Å². The van der Waals surface area contributed by atoms with Gasteiger partial charge >= 0.3 is 5.97 Å². The van der Waals surface area contributed by atoms with Crippen LogP contribution in [0.1, 0.15) is 5.56 Å². The summed E-state index contributed by atoms with van der Waals surface area (Å²) in [5.74, 6) is 0.473. The van der Waals surface area contributed by atoms with E-state index in [1.807, 2.05) is 30.3 Å². The van der Waals surface area contributed by atoms with Crippen molar-refractivity contribution in [2.24, 2.45) is 0 Å². The molecule has 0 fully saturated rings. The summed E-state index contributed by atoms with van der Waals surface area (Å²) in [5.41, 5.74) is 3.70. The number of carboxylic acids is 1. The Hall–Kier alpha value is -2.72. The quantitative estimate of drug-likeness (QED) is 0.602. The molecule has 0 radical (unpaired) electrons. The maximum Gasteiger partial charge on any atom is 0.341 e. The molecule has 0 saturated heterocycles. The fourth-order valence-corrected chi connectivity index (χ4v) is 3.22. The molecule has 1 N–H and O–H groups in total. The predicted molar refractivity (Wildman–Crippen MR) is 101 cm³/mol. The maximum atomic E-state index is 10.5. The first-order chi connectivity index (χ1) is 12.2. The lowest BCUT2D eigenvalue weighted by molar-refractivity contribution is -0.139. The average Bonchev–Trinajstić information content (AvgIpc) is 2.66. The number of rotatable bonds is 7. The molecular weight excluding hydrogens is 332 g/mol. The highest BCUT2D eigenvalue weighted by molar-refractivity contribution is 7.98. The summed E-state index contributed by atoms with van der Waals surface area (Å²) in [5, 5.41) is 8.60. The molecule has 0 bridgehead atoms. The Kier molecular flexibility index (Phi) is 5.75.